The highest BCUT2D eigenvalue weighted by molar-refractivity contribution is 5.90. The summed E-state index contributed by atoms with van der Waals surface area (Å²) in [5.41, 5.74) is 2.98. The maximum atomic E-state index is 10.7. The molecule has 26 heavy (non-hydrogen) atoms. The van der Waals surface area contributed by atoms with Crippen LogP contribution in [0.5, 0.6) is 5.75 Å². The summed E-state index contributed by atoms with van der Waals surface area (Å²) in [4.78, 5) is 0. The molecule has 0 saturated heterocycles. The van der Waals surface area contributed by atoms with E-state index in [2.05, 4.69) is 24.0 Å². The van der Waals surface area contributed by atoms with Gasteiger partial charge in [-0.05, 0) is 40.8 Å². The number of rotatable bonds is 3. The summed E-state index contributed by atoms with van der Waals surface area (Å²) in [6, 6.07) is 23.9. The minimum Gasteiger partial charge on any atom is -0.507 e. The van der Waals surface area contributed by atoms with Gasteiger partial charge < -0.3 is 9.52 Å². The molecule has 1 aromatic heterocycles. The van der Waals surface area contributed by atoms with Gasteiger partial charge in [-0.25, -0.2) is 0 Å². The van der Waals surface area contributed by atoms with E-state index in [9.17, 15) is 5.11 Å². The Balaban J connectivity index is 1.64. The Labute approximate surface area is 152 Å². The number of benzene rings is 3. The topological polar surface area (TPSA) is 33.4 Å². The van der Waals surface area contributed by atoms with Crippen molar-refractivity contribution in [3.63, 3.8) is 0 Å². The number of phenolic OH excluding ortho intramolecular Hbond substituents is 1. The molecule has 0 fully saturated rings. The SMILES string of the molecule is Oc1c(Cc2ccccc2)ccc2ccc(C#CCc3ccco3)cc12. The normalized spacial score (nSPS) is 10.5. The first kappa shape index (κ1) is 16.1. The molecular weight excluding hydrogens is 320 g/mol. The zero-order chi connectivity index (χ0) is 17.8. The van der Waals surface area contributed by atoms with Crippen molar-refractivity contribution >= 4 is 10.8 Å². The van der Waals surface area contributed by atoms with Crippen LogP contribution in [0.2, 0.25) is 0 Å². The molecule has 0 radical (unpaired) electrons. The molecule has 0 aliphatic rings. The Bertz CT molecular complexity index is 1080. The molecule has 0 aliphatic carbocycles. The number of hydrogen-bond donors (Lipinski definition) is 1. The third kappa shape index (κ3) is 3.48. The van der Waals surface area contributed by atoms with Crippen molar-refractivity contribution in [3.05, 3.63) is 102 Å². The Hall–Kier alpha value is -3.44. The van der Waals surface area contributed by atoms with E-state index in [1.807, 2.05) is 60.7 Å². The van der Waals surface area contributed by atoms with Crippen molar-refractivity contribution in [2.24, 2.45) is 0 Å². The van der Waals surface area contributed by atoms with Gasteiger partial charge in [0.15, 0.2) is 0 Å². The Morgan fingerprint density at radius 2 is 1.73 bits per heavy atom. The molecule has 126 valence electrons. The number of aromatic hydroxyl groups is 1. The summed E-state index contributed by atoms with van der Waals surface area (Å²) >= 11 is 0. The minimum absolute atomic E-state index is 0.334. The molecule has 0 amide bonds. The minimum atomic E-state index is 0.334. The predicted molar refractivity (Wildman–Crippen MR) is 104 cm³/mol. The lowest BCUT2D eigenvalue weighted by Gasteiger charge is -2.09. The van der Waals surface area contributed by atoms with Crippen LogP contribution in [0.25, 0.3) is 10.8 Å². The lowest BCUT2D eigenvalue weighted by Crippen LogP contribution is -1.90. The smallest absolute Gasteiger partial charge is 0.126 e. The molecule has 2 heteroatoms. The van der Waals surface area contributed by atoms with Gasteiger partial charge in [-0.1, -0.05) is 60.4 Å². The number of furan rings is 1. The van der Waals surface area contributed by atoms with E-state index in [-0.39, 0.29) is 0 Å². The standard InChI is InChI=1S/C24H18O2/c25-24-21(16-18-6-2-1-3-7-18)14-13-20-12-11-19(17-23(20)24)8-4-9-22-10-5-15-26-22/h1-3,5-7,10-15,17,25H,9,16H2. The fraction of sp³-hybridized carbons (Fsp3) is 0.0833. The third-order valence-electron chi connectivity index (χ3n) is 4.39. The largest absolute Gasteiger partial charge is 0.507 e. The maximum absolute atomic E-state index is 10.7. The van der Waals surface area contributed by atoms with Gasteiger partial charge in [-0.3, -0.25) is 0 Å². The van der Waals surface area contributed by atoms with E-state index >= 15 is 0 Å². The van der Waals surface area contributed by atoms with E-state index in [1.165, 1.54) is 5.56 Å². The molecule has 3 aromatic carbocycles. The summed E-state index contributed by atoms with van der Waals surface area (Å²) in [6.07, 6.45) is 2.93. The van der Waals surface area contributed by atoms with Crippen LogP contribution < -0.4 is 0 Å². The van der Waals surface area contributed by atoms with Crippen LogP contribution in [0.1, 0.15) is 22.5 Å². The van der Waals surface area contributed by atoms with Crippen LogP contribution in [-0.4, -0.2) is 5.11 Å². The predicted octanol–water partition coefficient (Wildman–Crippen LogP) is 5.32. The third-order valence-corrected chi connectivity index (χ3v) is 4.39. The van der Waals surface area contributed by atoms with Crippen molar-refractivity contribution in [1.29, 1.82) is 0 Å². The average molecular weight is 338 g/mol. The molecule has 0 saturated carbocycles. The Kier molecular flexibility index (Phi) is 4.45. The van der Waals surface area contributed by atoms with E-state index < -0.39 is 0 Å². The molecule has 4 aromatic rings. The van der Waals surface area contributed by atoms with Crippen molar-refractivity contribution < 1.29 is 9.52 Å². The molecule has 4 rings (SSSR count). The highest BCUT2D eigenvalue weighted by Crippen LogP contribution is 2.31. The summed E-state index contributed by atoms with van der Waals surface area (Å²) < 4.78 is 5.29. The van der Waals surface area contributed by atoms with Crippen LogP contribution in [0.15, 0.2) is 83.5 Å². The number of phenols is 1. The molecule has 0 atom stereocenters. The second kappa shape index (κ2) is 7.21. The van der Waals surface area contributed by atoms with Gasteiger partial charge in [0.2, 0.25) is 0 Å². The molecule has 0 bridgehead atoms. The molecule has 0 spiro atoms. The van der Waals surface area contributed by atoms with Crippen LogP contribution in [0, 0.1) is 11.8 Å². The quantitative estimate of drug-likeness (QED) is 0.513. The zero-order valence-corrected chi connectivity index (χ0v) is 14.3. The molecule has 2 nitrogen and oxygen atoms in total. The zero-order valence-electron chi connectivity index (χ0n) is 14.3. The highest BCUT2D eigenvalue weighted by atomic mass is 16.3. The number of hydrogen-bond acceptors (Lipinski definition) is 2. The second-order valence-electron chi connectivity index (χ2n) is 6.23. The van der Waals surface area contributed by atoms with Gasteiger partial charge in [0.05, 0.1) is 12.7 Å². The maximum Gasteiger partial charge on any atom is 0.126 e. The summed E-state index contributed by atoms with van der Waals surface area (Å²) in [7, 11) is 0. The monoisotopic (exact) mass is 338 g/mol. The molecular formula is C24H18O2. The highest BCUT2D eigenvalue weighted by Gasteiger charge is 2.08. The summed E-state index contributed by atoms with van der Waals surface area (Å²) in [6.45, 7) is 0. The van der Waals surface area contributed by atoms with Crippen LogP contribution in [-0.2, 0) is 12.8 Å². The van der Waals surface area contributed by atoms with Crippen molar-refractivity contribution in [2.75, 3.05) is 0 Å². The fourth-order valence-corrected chi connectivity index (χ4v) is 3.03. The molecule has 0 aliphatic heterocycles. The van der Waals surface area contributed by atoms with Crippen molar-refractivity contribution in [2.45, 2.75) is 12.8 Å². The van der Waals surface area contributed by atoms with Crippen LogP contribution in [0.3, 0.4) is 0 Å². The fourth-order valence-electron chi connectivity index (χ4n) is 3.03. The number of fused-ring (bicyclic) bond motifs is 1. The van der Waals surface area contributed by atoms with Crippen molar-refractivity contribution in [3.8, 4) is 17.6 Å². The molecule has 1 heterocycles. The van der Waals surface area contributed by atoms with Gasteiger partial charge in [-0.2, -0.15) is 0 Å². The Morgan fingerprint density at radius 3 is 2.54 bits per heavy atom. The lowest BCUT2D eigenvalue weighted by atomic mass is 9.98. The van der Waals surface area contributed by atoms with Gasteiger partial charge in [0.25, 0.3) is 0 Å². The van der Waals surface area contributed by atoms with E-state index in [4.69, 9.17) is 4.42 Å². The van der Waals surface area contributed by atoms with E-state index in [0.717, 1.165) is 27.7 Å². The first-order valence-electron chi connectivity index (χ1n) is 8.59. The second-order valence-corrected chi connectivity index (χ2v) is 6.23. The molecule has 1 N–H and O–H groups in total. The van der Waals surface area contributed by atoms with E-state index in [1.54, 1.807) is 6.26 Å². The van der Waals surface area contributed by atoms with E-state index in [0.29, 0.717) is 18.6 Å². The summed E-state index contributed by atoms with van der Waals surface area (Å²) in [5.74, 6) is 7.45. The Morgan fingerprint density at radius 1 is 0.885 bits per heavy atom. The van der Waals surface area contributed by atoms with Crippen LogP contribution in [0.4, 0.5) is 0 Å². The van der Waals surface area contributed by atoms with Gasteiger partial charge in [0, 0.05) is 17.4 Å². The van der Waals surface area contributed by atoms with Gasteiger partial charge in [-0.15, -0.1) is 0 Å². The van der Waals surface area contributed by atoms with Gasteiger partial charge >= 0.3 is 0 Å². The lowest BCUT2D eigenvalue weighted by molar-refractivity contribution is 0.476. The first-order chi connectivity index (χ1) is 12.8. The molecule has 0 unspecified atom stereocenters. The van der Waals surface area contributed by atoms with Crippen LogP contribution >= 0.6 is 0 Å². The summed E-state index contributed by atoms with van der Waals surface area (Å²) in [5, 5.41) is 12.6. The first-order valence-corrected chi connectivity index (χ1v) is 8.59. The average Bonchev–Trinajstić information content (AvgIpc) is 3.19. The van der Waals surface area contributed by atoms with Gasteiger partial charge in [0.1, 0.15) is 11.5 Å². The van der Waals surface area contributed by atoms with Crippen molar-refractivity contribution in [1.82, 2.24) is 0 Å².